The topological polar surface area (TPSA) is 55.2 Å². The second kappa shape index (κ2) is 9.75. The van der Waals surface area contributed by atoms with E-state index in [1.807, 2.05) is 32.2 Å². The highest BCUT2D eigenvalue weighted by molar-refractivity contribution is 7.89. The maximum absolute atomic E-state index is 13.6. The van der Waals surface area contributed by atoms with Crippen molar-refractivity contribution >= 4 is 10.0 Å². The zero-order valence-electron chi connectivity index (χ0n) is 18.5. The van der Waals surface area contributed by atoms with E-state index in [0.29, 0.717) is 12.5 Å². The van der Waals surface area contributed by atoms with E-state index in [1.165, 1.54) is 16.4 Å². The summed E-state index contributed by atoms with van der Waals surface area (Å²) in [5.74, 6) is 0.0217. The summed E-state index contributed by atoms with van der Waals surface area (Å²) in [7, 11) is -3.77. The third-order valence-electron chi connectivity index (χ3n) is 5.69. The average Bonchev–Trinajstić information content (AvgIpc) is 3.13. The van der Waals surface area contributed by atoms with Crippen molar-refractivity contribution in [2.75, 3.05) is 0 Å². The number of halogens is 1. The molecule has 3 rings (SSSR count). The highest BCUT2D eigenvalue weighted by atomic mass is 32.2. The van der Waals surface area contributed by atoms with Crippen LogP contribution in [0.4, 0.5) is 4.39 Å². The molecule has 31 heavy (non-hydrogen) atoms. The van der Waals surface area contributed by atoms with Crippen molar-refractivity contribution in [1.29, 1.82) is 0 Å². The summed E-state index contributed by atoms with van der Waals surface area (Å²) < 4.78 is 43.7. The second-order valence-electron chi connectivity index (χ2n) is 7.87. The van der Waals surface area contributed by atoms with Crippen molar-refractivity contribution in [1.82, 2.24) is 14.1 Å². The Morgan fingerprint density at radius 3 is 2.23 bits per heavy atom. The Hall–Kier alpha value is -2.51. The van der Waals surface area contributed by atoms with Crippen LogP contribution in [0, 0.1) is 12.7 Å². The highest BCUT2D eigenvalue weighted by Crippen LogP contribution is 2.25. The van der Waals surface area contributed by atoms with Crippen LogP contribution in [-0.4, -0.2) is 22.5 Å². The largest absolute Gasteiger partial charge is 0.272 e. The summed E-state index contributed by atoms with van der Waals surface area (Å²) in [6.45, 7) is 9.15. The fourth-order valence-electron chi connectivity index (χ4n) is 3.44. The molecule has 0 bridgehead atoms. The molecule has 0 saturated heterocycles. The molecule has 0 aliphatic rings. The van der Waals surface area contributed by atoms with Crippen molar-refractivity contribution < 1.29 is 12.8 Å². The van der Waals surface area contributed by atoms with Crippen LogP contribution < -0.4 is 0 Å². The molecule has 1 heterocycles. The molecule has 0 N–H and O–H groups in total. The van der Waals surface area contributed by atoms with E-state index in [-0.39, 0.29) is 23.8 Å². The van der Waals surface area contributed by atoms with E-state index in [2.05, 4.69) is 18.9 Å². The molecule has 5 nitrogen and oxygen atoms in total. The van der Waals surface area contributed by atoms with E-state index in [0.717, 1.165) is 28.8 Å². The molecule has 2 aromatic carbocycles. The Labute approximate surface area is 184 Å². The molecule has 1 aromatic heterocycles. The number of aryl methyl sites for hydroxylation is 2. The van der Waals surface area contributed by atoms with Gasteiger partial charge in [-0.3, -0.25) is 4.68 Å². The van der Waals surface area contributed by atoms with E-state index in [9.17, 15) is 12.8 Å². The van der Waals surface area contributed by atoms with Gasteiger partial charge in [0.15, 0.2) is 0 Å². The van der Waals surface area contributed by atoms with Crippen molar-refractivity contribution in [2.45, 2.75) is 64.6 Å². The van der Waals surface area contributed by atoms with Crippen molar-refractivity contribution in [3.8, 4) is 0 Å². The smallest absolute Gasteiger partial charge is 0.243 e. The van der Waals surface area contributed by atoms with Crippen LogP contribution >= 0.6 is 0 Å². The Kier molecular flexibility index (Phi) is 7.28. The molecule has 1 atom stereocenters. The number of benzene rings is 2. The number of hydrogen-bond acceptors (Lipinski definition) is 3. The van der Waals surface area contributed by atoms with Gasteiger partial charge < -0.3 is 0 Å². The van der Waals surface area contributed by atoms with Gasteiger partial charge in [-0.15, -0.1) is 0 Å². The molecule has 0 amide bonds. The minimum absolute atomic E-state index is 0.145. The van der Waals surface area contributed by atoms with Gasteiger partial charge in [-0.25, -0.2) is 12.8 Å². The Bertz CT molecular complexity index is 1110. The standard InChI is InChI=1S/C24H30FN3O2S/c1-5-18(3)21-9-13-24(14-10-21)31(29,30)28(15-20-7-11-23(25)12-8-20)17-22-16-27(6-2)26-19(22)4/h7-14,16,18H,5-6,15,17H2,1-4H3/t18-/m0/s1. The van der Waals surface area contributed by atoms with E-state index < -0.39 is 10.0 Å². The van der Waals surface area contributed by atoms with Gasteiger partial charge in [-0.2, -0.15) is 9.40 Å². The maximum atomic E-state index is 13.6. The lowest BCUT2D eigenvalue weighted by atomic mass is 9.99. The molecule has 3 aromatic rings. The lowest BCUT2D eigenvalue weighted by molar-refractivity contribution is 0.400. The van der Waals surface area contributed by atoms with Crippen molar-refractivity contribution in [2.24, 2.45) is 0 Å². The third-order valence-corrected chi connectivity index (χ3v) is 7.50. The van der Waals surface area contributed by atoms with Gasteiger partial charge in [0, 0.05) is 31.4 Å². The molecule has 0 saturated carbocycles. The first kappa shape index (κ1) is 23.2. The molecule has 0 radical (unpaired) electrons. The quantitative estimate of drug-likeness (QED) is 0.454. The average molecular weight is 444 g/mol. The SMILES string of the molecule is CC[C@H](C)c1ccc(S(=O)(=O)N(Cc2ccc(F)cc2)Cc2cn(CC)nc2C)cc1. The molecule has 0 fully saturated rings. The lowest BCUT2D eigenvalue weighted by Crippen LogP contribution is -2.30. The monoisotopic (exact) mass is 443 g/mol. The summed E-state index contributed by atoms with van der Waals surface area (Å²) in [4.78, 5) is 0.252. The molecule has 7 heteroatoms. The first-order valence-electron chi connectivity index (χ1n) is 10.6. The van der Waals surface area contributed by atoms with Gasteiger partial charge in [0.1, 0.15) is 5.82 Å². The summed E-state index contributed by atoms with van der Waals surface area (Å²) in [5, 5.41) is 4.44. The fourth-order valence-corrected chi connectivity index (χ4v) is 4.84. The van der Waals surface area contributed by atoms with Crippen molar-refractivity contribution in [3.05, 3.63) is 82.9 Å². The lowest BCUT2D eigenvalue weighted by Gasteiger charge is -2.23. The second-order valence-corrected chi connectivity index (χ2v) is 9.81. The van der Waals surface area contributed by atoms with Gasteiger partial charge in [-0.1, -0.05) is 38.1 Å². The van der Waals surface area contributed by atoms with Crippen molar-refractivity contribution in [3.63, 3.8) is 0 Å². The Morgan fingerprint density at radius 2 is 1.68 bits per heavy atom. The number of aromatic nitrogens is 2. The first-order chi connectivity index (χ1) is 14.7. The summed E-state index contributed by atoms with van der Waals surface area (Å²) in [6, 6.07) is 13.1. The Balaban J connectivity index is 1.96. The number of sulfonamides is 1. The molecule has 166 valence electrons. The third kappa shape index (κ3) is 5.40. The number of nitrogens with zero attached hydrogens (tertiary/aromatic N) is 3. The number of hydrogen-bond donors (Lipinski definition) is 0. The zero-order valence-corrected chi connectivity index (χ0v) is 19.4. The van der Waals surface area contributed by atoms with E-state index in [4.69, 9.17) is 0 Å². The summed E-state index contributed by atoms with van der Waals surface area (Å²) in [5.41, 5.74) is 3.49. The first-order valence-corrected chi connectivity index (χ1v) is 12.1. The zero-order chi connectivity index (χ0) is 22.6. The minimum atomic E-state index is -3.77. The maximum Gasteiger partial charge on any atom is 0.243 e. The van der Waals surface area contributed by atoms with Crippen LogP contribution in [0.5, 0.6) is 0 Å². The molecule has 0 aliphatic carbocycles. The summed E-state index contributed by atoms with van der Waals surface area (Å²) >= 11 is 0. The predicted molar refractivity (Wildman–Crippen MR) is 121 cm³/mol. The molecule has 0 unspecified atom stereocenters. The normalized spacial score (nSPS) is 13.0. The molecular formula is C24H30FN3O2S. The van der Waals surface area contributed by atoms with Crippen LogP contribution in [0.1, 0.15) is 55.5 Å². The van der Waals surface area contributed by atoms with E-state index in [1.54, 1.807) is 28.9 Å². The van der Waals surface area contributed by atoms with Crippen LogP contribution in [-0.2, 0) is 29.7 Å². The fraction of sp³-hybridized carbons (Fsp3) is 0.375. The van der Waals surface area contributed by atoms with Gasteiger partial charge >= 0.3 is 0 Å². The predicted octanol–water partition coefficient (Wildman–Crippen LogP) is 5.26. The summed E-state index contributed by atoms with van der Waals surface area (Å²) in [6.07, 6.45) is 2.87. The molecular weight excluding hydrogens is 413 g/mol. The van der Waals surface area contributed by atoms with Gasteiger partial charge in [0.2, 0.25) is 10.0 Å². The Morgan fingerprint density at radius 1 is 1.03 bits per heavy atom. The van der Waals surface area contributed by atoms with E-state index >= 15 is 0 Å². The van der Waals surface area contributed by atoms with Gasteiger partial charge in [0.05, 0.1) is 10.6 Å². The van der Waals surface area contributed by atoms with Crippen LogP contribution in [0.25, 0.3) is 0 Å². The number of rotatable bonds is 9. The molecule has 0 spiro atoms. The van der Waals surface area contributed by atoms with Gasteiger partial charge in [0.25, 0.3) is 0 Å². The highest BCUT2D eigenvalue weighted by Gasteiger charge is 2.26. The molecule has 0 aliphatic heterocycles. The van der Waals surface area contributed by atoms with Crippen LogP contribution in [0.15, 0.2) is 59.6 Å². The minimum Gasteiger partial charge on any atom is -0.272 e. The van der Waals surface area contributed by atoms with Gasteiger partial charge in [-0.05, 0) is 61.6 Å². The van der Waals surface area contributed by atoms with Crippen LogP contribution in [0.2, 0.25) is 0 Å². The van der Waals surface area contributed by atoms with Crippen LogP contribution in [0.3, 0.4) is 0 Å².